The molecule has 0 bridgehead atoms. The van der Waals surface area contributed by atoms with E-state index in [-0.39, 0.29) is 10.5 Å². The van der Waals surface area contributed by atoms with Gasteiger partial charge in [0.25, 0.3) is 5.56 Å². The summed E-state index contributed by atoms with van der Waals surface area (Å²) in [7, 11) is -3.69. The van der Waals surface area contributed by atoms with Crippen LogP contribution in [-0.4, -0.2) is 53.8 Å². The summed E-state index contributed by atoms with van der Waals surface area (Å²) >= 11 is 0. The summed E-state index contributed by atoms with van der Waals surface area (Å²) in [5, 5.41) is 8.29. The zero-order valence-electron chi connectivity index (χ0n) is 16.9. The third-order valence-corrected chi connectivity index (χ3v) is 7.28. The molecule has 3 heterocycles. The van der Waals surface area contributed by atoms with E-state index >= 15 is 0 Å². The number of nitrogens with zero attached hydrogens (tertiary/aromatic N) is 5. The molecule has 0 amide bonds. The van der Waals surface area contributed by atoms with Gasteiger partial charge in [0, 0.05) is 32.2 Å². The molecule has 1 aromatic carbocycles. The predicted octanol–water partition coefficient (Wildman–Crippen LogP) is 1.74. The van der Waals surface area contributed by atoms with E-state index in [0.29, 0.717) is 55.6 Å². The van der Waals surface area contributed by atoms with E-state index in [0.717, 1.165) is 0 Å². The normalized spacial score (nSPS) is 15.9. The predicted molar refractivity (Wildman–Crippen MR) is 111 cm³/mol. The molecule has 4 rings (SSSR count). The molecular formula is C20H23N5O4S. The number of aromatic nitrogens is 3. The van der Waals surface area contributed by atoms with Gasteiger partial charge >= 0.3 is 0 Å². The van der Waals surface area contributed by atoms with Crippen LogP contribution in [0.4, 0.5) is 5.82 Å². The summed E-state index contributed by atoms with van der Waals surface area (Å²) in [4.78, 5) is 14.4. The Kier molecular flexibility index (Phi) is 5.44. The van der Waals surface area contributed by atoms with Gasteiger partial charge in [0.1, 0.15) is 16.4 Å². The molecular weight excluding hydrogens is 406 g/mol. The van der Waals surface area contributed by atoms with E-state index in [1.807, 2.05) is 35.2 Å². The average molecular weight is 430 g/mol. The topological polar surface area (TPSA) is 102 Å². The zero-order chi connectivity index (χ0) is 21.3. The van der Waals surface area contributed by atoms with Crippen LogP contribution in [0.25, 0.3) is 5.69 Å². The van der Waals surface area contributed by atoms with Gasteiger partial charge in [-0.1, -0.05) is 23.4 Å². The smallest absolute Gasteiger partial charge is 0.271 e. The highest BCUT2D eigenvalue weighted by atomic mass is 32.2. The fourth-order valence-corrected chi connectivity index (χ4v) is 5.42. The van der Waals surface area contributed by atoms with Crippen molar-refractivity contribution in [2.75, 3.05) is 31.1 Å². The van der Waals surface area contributed by atoms with Crippen LogP contribution >= 0.6 is 0 Å². The molecule has 0 spiro atoms. The number of benzene rings is 1. The minimum absolute atomic E-state index is 0.145. The third-order valence-electron chi connectivity index (χ3n) is 5.13. The van der Waals surface area contributed by atoms with Crippen molar-refractivity contribution in [2.45, 2.75) is 25.2 Å². The molecule has 30 heavy (non-hydrogen) atoms. The SMILES string of the molecule is Cc1noc(C)c1S(=O)(=O)N1CCCN(c2ccc(=O)n(-c3ccccc3)n2)CC1. The van der Waals surface area contributed by atoms with Crippen molar-refractivity contribution in [1.29, 1.82) is 0 Å². The third kappa shape index (κ3) is 3.75. The molecule has 1 fully saturated rings. The lowest BCUT2D eigenvalue weighted by Crippen LogP contribution is -2.36. The number of anilines is 1. The first kappa shape index (κ1) is 20.3. The molecule has 3 aromatic rings. The highest BCUT2D eigenvalue weighted by molar-refractivity contribution is 7.89. The molecule has 1 aliphatic heterocycles. The van der Waals surface area contributed by atoms with Crippen LogP contribution in [0.5, 0.6) is 0 Å². The fraction of sp³-hybridized carbons (Fsp3) is 0.350. The van der Waals surface area contributed by atoms with Crippen LogP contribution in [-0.2, 0) is 10.0 Å². The first-order valence-corrected chi connectivity index (χ1v) is 11.2. The summed E-state index contributed by atoms with van der Waals surface area (Å²) in [6, 6.07) is 12.4. The van der Waals surface area contributed by atoms with Gasteiger partial charge in [-0.25, -0.2) is 8.42 Å². The summed E-state index contributed by atoms with van der Waals surface area (Å²) in [5.41, 5.74) is 0.828. The number of rotatable bonds is 4. The van der Waals surface area contributed by atoms with Gasteiger partial charge in [0.2, 0.25) is 10.0 Å². The van der Waals surface area contributed by atoms with Gasteiger partial charge in [-0.05, 0) is 38.5 Å². The Hall–Kier alpha value is -2.98. The second kappa shape index (κ2) is 8.04. The standard InChI is InChI=1S/C20H23N5O4S/c1-15-20(16(2)29-22-15)30(27,28)24-12-6-11-23(13-14-24)18-9-10-19(26)25(21-18)17-7-4-3-5-8-17/h3-5,7-10H,6,11-14H2,1-2H3. The Bertz CT molecular complexity index is 1180. The van der Waals surface area contributed by atoms with E-state index in [9.17, 15) is 13.2 Å². The van der Waals surface area contributed by atoms with Crippen LogP contribution in [0.3, 0.4) is 0 Å². The lowest BCUT2D eigenvalue weighted by Gasteiger charge is -2.23. The molecule has 1 saturated heterocycles. The maximum absolute atomic E-state index is 13.1. The number of hydrogen-bond donors (Lipinski definition) is 0. The largest absolute Gasteiger partial charge is 0.360 e. The molecule has 158 valence electrons. The zero-order valence-corrected chi connectivity index (χ0v) is 17.7. The quantitative estimate of drug-likeness (QED) is 0.622. The highest BCUT2D eigenvalue weighted by Gasteiger charge is 2.32. The van der Waals surface area contributed by atoms with Crippen LogP contribution in [0.15, 0.2) is 56.7 Å². The maximum Gasteiger partial charge on any atom is 0.271 e. The van der Waals surface area contributed by atoms with E-state index in [2.05, 4.69) is 10.3 Å². The summed E-state index contributed by atoms with van der Waals surface area (Å²) < 4.78 is 34.1. The van der Waals surface area contributed by atoms with Crippen molar-refractivity contribution in [1.82, 2.24) is 19.2 Å². The monoisotopic (exact) mass is 429 g/mol. The Balaban J connectivity index is 1.58. The van der Waals surface area contributed by atoms with E-state index < -0.39 is 10.0 Å². The number of hydrogen-bond acceptors (Lipinski definition) is 7. The molecule has 9 nitrogen and oxygen atoms in total. The molecule has 2 aromatic heterocycles. The first-order valence-electron chi connectivity index (χ1n) is 9.72. The van der Waals surface area contributed by atoms with Crippen LogP contribution in [0.1, 0.15) is 17.9 Å². The van der Waals surface area contributed by atoms with Crippen molar-refractivity contribution < 1.29 is 12.9 Å². The minimum Gasteiger partial charge on any atom is -0.360 e. The van der Waals surface area contributed by atoms with Gasteiger partial charge < -0.3 is 9.42 Å². The maximum atomic E-state index is 13.1. The Morgan fingerprint density at radius 3 is 2.43 bits per heavy atom. The van der Waals surface area contributed by atoms with Crippen molar-refractivity contribution in [2.24, 2.45) is 0 Å². The highest BCUT2D eigenvalue weighted by Crippen LogP contribution is 2.25. The van der Waals surface area contributed by atoms with Gasteiger partial charge in [0.05, 0.1) is 5.69 Å². The Morgan fingerprint density at radius 1 is 0.967 bits per heavy atom. The van der Waals surface area contributed by atoms with Crippen molar-refractivity contribution in [3.8, 4) is 5.69 Å². The number of sulfonamides is 1. The van der Waals surface area contributed by atoms with E-state index in [1.165, 1.54) is 15.1 Å². The van der Waals surface area contributed by atoms with Crippen LogP contribution < -0.4 is 10.5 Å². The van der Waals surface area contributed by atoms with Crippen molar-refractivity contribution in [3.05, 3.63) is 64.3 Å². The summed E-state index contributed by atoms with van der Waals surface area (Å²) in [6.07, 6.45) is 0.634. The second-order valence-corrected chi connectivity index (χ2v) is 9.05. The number of aryl methyl sites for hydroxylation is 2. The summed E-state index contributed by atoms with van der Waals surface area (Å²) in [5.74, 6) is 0.931. The lowest BCUT2D eigenvalue weighted by molar-refractivity contribution is 0.389. The van der Waals surface area contributed by atoms with Crippen LogP contribution in [0.2, 0.25) is 0 Å². The average Bonchev–Trinajstić information content (AvgIpc) is 2.93. The van der Waals surface area contributed by atoms with Crippen molar-refractivity contribution >= 4 is 15.8 Å². The molecule has 1 aliphatic rings. The molecule has 0 N–H and O–H groups in total. The Labute approximate surface area is 174 Å². The fourth-order valence-electron chi connectivity index (χ4n) is 3.66. The first-order chi connectivity index (χ1) is 14.4. The molecule has 0 atom stereocenters. The van der Waals surface area contributed by atoms with Crippen molar-refractivity contribution in [3.63, 3.8) is 0 Å². The Morgan fingerprint density at radius 2 is 1.73 bits per heavy atom. The lowest BCUT2D eigenvalue weighted by atomic mass is 10.3. The van der Waals surface area contributed by atoms with Crippen LogP contribution in [0, 0.1) is 13.8 Å². The molecule has 0 radical (unpaired) electrons. The molecule has 10 heteroatoms. The second-order valence-electron chi connectivity index (χ2n) is 7.18. The molecule has 0 saturated carbocycles. The minimum atomic E-state index is -3.69. The molecule has 0 aliphatic carbocycles. The van der Waals surface area contributed by atoms with Gasteiger partial charge in [-0.2, -0.15) is 8.99 Å². The van der Waals surface area contributed by atoms with Gasteiger partial charge in [-0.15, -0.1) is 5.10 Å². The van der Waals surface area contributed by atoms with E-state index in [4.69, 9.17) is 4.52 Å². The summed E-state index contributed by atoms with van der Waals surface area (Å²) in [6.45, 7) is 5.02. The molecule has 0 unspecified atom stereocenters. The number of para-hydroxylation sites is 1. The van der Waals surface area contributed by atoms with Gasteiger partial charge in [0.15, 0.2) is 5.76 Å². The van der Waals surface area contributed by atoms with E-state index in [1.54, 1.807) is 19.9 Å². The van der Waals surface area contributed by atoms with Gasteiger partial charge in [-0.3, -0.25) is 4.79 Å².